The van der Waals surface area contributed by atoms with Gasteiger partial charge in [0.05, 0.1) is 6.61 Å². The average molecular weight is 367 g/mol. The van der Waals surface area contributed by atoms with Gasteiger partial charge < -0.3 is 10.0 Å². The van der Waals surface area contributed by atoms with E-state index in [2.05, 4.69) is 52.8 Å². The Labute approximate surface area is 164 Å². The Morgan fingerprint density at radius 1 is 1.11 bits per heavy atom. The summed E-state index contributed by atoms with van der Waals surface area (Å²) in [5.41, 5.74) is 2.49. The van der Waals surface area contributed by atoms with Crippen molar-refractivity contribution < 1.29 is 5.11 Å². The van der Waals surface area contributed by atoms with Gasteiger partial charge in [0.25, 0.3) is 0 Å². The van der Waals surface area contributed by atoms with Crippen molar-refractivity contribution in [2.45, 2.75) is 63.5 Å². The smallest absolute Gasteiger partial charge is 0.0593 e. The largest absolute Gasteiger partial charge is 0.395 e. The molecular formula is C24H34N2O. The molecule has 3 atom stereocenters. The first-order valence-electron chi connectivity index (χ1n) is 11.0. The monoisotopic (exact) mass is 366 g/mol. The van der Waals surface area contributed by atoms with Crippen molar-refractivity contribution in [3.63, 3.8) is 0 Å². The molecule has 1 aliphatic carbocycles. The maximum absolute atomic E-state index is 10.1. The van der Waals surface area contributed by atoms with E-state index in [9.17, 15) is 5.11 Å². The third-order valence-electron chi connectivity index (χ3n) is 6.57. The van der Waals surface area contributed by atoms with Gasteiger partial charge in [0.2, 0.25) is 0 Å². The first-order chi connectivity index (χ1) is 13.3. The normalized spacial score (nSPS) is 29.0. The number of benzene rings is 1. The Hall–Kier alpha value is -1.34. The van der Waals surface area contributed by atoms with Gasteiger partial charge in [0.15, 0.2) is 0 Å². The van der Waals surface area contributed by atoms with Crippen LogP contribution in [0.5, 0.6) is 0 Å². The third kappa shape index (κ3) is 4.40. The highest BCUT2D eigenvalue weighted by Gasteiger charge is 2.49. The molecule has 1 saturated carbocycles. The van der Waals surface area contributed by atoms with Crippen LogP contribution in [0.1, 0.15) is 62.5 Å². The van der Waals surface area contributed by atoms with Gasteiger partial charge in [0.1, 0.15) is 0 Å². The topological polar surface area (TPSA) is 26.7 Å². The summed E-state index contributed by atoms with van der Waals surface area (Å²) in [7, 11) is 0. The molecule has 3 aliphatic rings. The van der Waals surface area contributed by atoms with Gasteiger partial charge in [-0.1, -0.05) is 30.9 Å². The van der Waals surface area contributed by atoms with Crippen molar-refractivity contribution in [3.05, 3.63) is 35.4 Å². The molecule has 0 unspecified atom stereocenters. The lowest BCUT2D eigenvalue weighted by Crippen LogP contribution is -2.67. The first kappa shape index (κ1) is 19.0. The molecule has 0 spiro atoms. The van der Waals surface area contributed by atoms with Gasteiger partial charge in [-0.2, -0.15) is 0 Å². The van der Waals surface area contributed by atoms with E-state index in [1.807, 2.05) is 0 Å². The van der Waals surface area contributed by atoms with Crippen LogP contribution in [0.3, 0.4) is 0 Å². The van der Waals surface area contributed by atoms with E-state index < -0.39 is 0 Å². The van der Waals surface area contributed by atoms with Gasteiger partial charge in [-0.3, -0.25) is 4.90 Å². The molecule has 2 saturated heterocycles. The molecule has 3 fully saturated rings. The Morgan fingerprint density at radius 2 is 1.89 bits per heavy atom. The molecule has 3 nitrogen and oxygen atoms in total. The molecule has 1 aromatic carbocycles. The molecular weight excluding hydrogens is 332 g/mol. The number of hydrogen-bond donors (Lipinski definition) is 1. The molecule has 2 heterocycles. The van der Waals surface area contributed by atoms with Crippen LogP contribution < -0.4 is 0 Å². The Balaban J connectivity index is 1.48. The predicted molar refractivity (Wildman–Crippen MR) is 111 cm³/mol. The fourth-order valence-electron chi connectivity index (χ4n) is 4.92. The van der Waals surface area contributed by atoms with Crippen LogP contribution in [0.15, 0.2) is 24.3 Å². The first-order valence-corrected chi connectivity index (χ1v) is 11.0. The summed E-state index contributed by atoms with van der Waals surface area (Å²) >= 11 is 0. The second-order valence-corrected chi connectivity index (χ2v) is 8.66. The number of unbranched alkanes of at least 4 members (excludes halogenated alkanes) is 1. The molecule has 0 amide bonds. The number of hydrogen-bond acceptors (Lipinski definition) is 3. The number of aliphatic hydroxyl groups is 1. The molecule has 0 bridgehead atoms. The standard InChI is InChI=1S/C24H34N2O/c1-2-3-4-7-19-10-12-21(13-11-19)24-22-17-25(16-20-8-9-20)14-5-6-15-26(22)23(24)18-27/h10-13,20,22-24,27H,2-3,5-6,8-9,14-18H2,1H3/t22-,23+,24-/m0/s1. The SMILES string of the molecule is CCCC#Cc1ccc([C@@H]2[C@@H](CO)N3CCCCN(CC4CC4)C[C@@H]23)cc1. The molecule has 4 rings (SSSR count). The molecule has 146 valence electrons. The lowest BCUT2D eigenvalue weighted by molar-refractivity contribution is -0.0649. The van der Waals surface area contributed by atoms with Crippen molar-refractivity contribution in [1.82, 2.24) is 9.80 Å². The fourth-order valence-corrected chi connectivity index (χ4v) is 4.92. The minimum Gasteiger partial charge on any atom is -0.395 e. The van der Waals surface area contributed by atoms with Crippen molar-refractivity contribution in [3.8, 4) is 11.8 Å². The van der Waals surface area contributed by atoms with E-state index >= 15 is 0 Å². The van der Waals surface area contributed by atoms with E-state index in [0.29, 0.717) is 12.0 Å². The number of aliphatic hydroxyl groups excluding tert-OH is 1. The second-order valence-electron chi connectivity index (χ2n) is 8.66. The summed E-state index contributed by atoms with van der Waals surface area (Å²) in [6, 6.07) is 9.68. The Kier molecular flexibility index (Phi) is 6.18. The summed E-state index contributed by atoms with van der Waals surface area (Å²) in [6.07, 6.45) is 7.48. The van der Waals surface area contributed by atoms with Crippen LogP contribution in [-0.4, -0.2) is 59.8 Å². The van der Waals surface area contributed by atoms with Gasteiger partial charge in [-0.05, 0) is 68.8 Å². The van der Waals surface area contributed by atoms with Gasteiger partial charge in [-0.15, -0.1) is 0 Å². The number of nitrogens with zero attached hydrogens (tertiary/aromatic N) is 2. The van der Waals surface area contributed by atoms with E-state index in [0.717, 1.165) is 37.4 Å². The maximum atomic E-state index is 10.1. The molecule has 3 heteroatoms. The number of fused-ring (bicyclic) bond motifs is 1. The molecule has 2 aliphatic heterocycles. The van der Waals surface area contributed by atoms with Crippen LogP contribution in [0.4, 0.5) is 0 Å². The van der Waals surface area contributed by atoms with Crippen LogP contribution in [-0.2, 0) is 0 Å². The molecule has 1 N–H and O–H groups in total. The zero-order valence-corrected chi connectivity index (χ0v) is 16.7. The van der Waals surface area contributed by atoms with E-state index in [4.69, 9.17) is 0 Å². The highest BCUT2D eigenvalue weighted by Crippen LogP contribution is 2.42. The summed E-state index contributed by atoms with van der Waals surface area (Å²) in [5, 5.41) is 10.1. The van der Waals surface area contributed by atoms with Crippen LogP contribution in [0.25, 0.3) is 0 Å². The fraction of sp³-hybridized carbons (Fsp3) is 0.667. The lowest BCUT2D eigenvalue weighted by Gasteiger charge is -2.57. The van der Waals surface area contributed by atoms with Crippen molar-refractivity contribution in [2.24, 2.45) is 5.92 Å². The Morgan fingerprint density at radius 3 is 2.59 bits per heavy atom. The zero-order valence-electron chi connectivity index (χ0n) is 16.7. The summed E-state index contributed by atoms with van der Waals surface area (Å²) in [4.78, 5) is 5.29. The van der Waals surface area contributed by atoms with E-state index in [-0.39, 0.29) is 12.6 Å². The predicted octanol–water partition coefficient (Wildman–Crippen LogP) is 3.47. The third-order valence-corrected chi connectivity index (χ3v) is 6.57. The zero-order chi connectivity index (χ0) is 18.6. The van der Waals surface area contributed by atoms with Crippen LogP contribution in [0, 0.1) is 17.8 Å². The minimum atomic E-state index is 0.266. The summed E-state index contributed by atoms with van der Waals surface area (Å²) in [6.45, 7) is 7.27. The highest BCUT2D eigenvalue weighted by atomic mass is 16.3. The molecule has 27 heavy (non-hydrogen) atoms. The molecule has 1 aromatic rings. The molecule has 0 radical (unpaired) electrons. The van der Waals surface area contributed by atoms with Gasteiger partial charge in [0, 0.05) is 43.1 Å². The summed E-state index contributed by atoms with van der Waals surface area (Å²) < 4.78 is 0. The molecule has 0 aromatic heterocycles. The lowest BCUT2D eigenvalue weighted by atomic mass is 9.74. The van der Waals surface area contributed by atoms with E-state index in [1.165, 1.54) is 44.3 Å². The highest BCUT2D eigenvalue weighted by molar-refractivity contribution is 5.39. The van der Waals surface area contributed by atoms with Crippen molar-refractivity contribution in [2.75, 3.05) is 32.8 Å². The quantitative estimate of drug-likeness (QED) is 0.809. The van der Waals surface area contributed by atoms with Crippen molar-refractivity contribution >= 4 is 0 Å². The van der Waals surface area contributed by atoms with Crippen LogP contribution in [0.2, 0.25) is 0 Å². The summed E-state index contributed by atoms with van der Waals surface area (Å²) in [5.74, 6) is 7.90. The van der Waals surface area contributed by atoms with Gasteiger partial charge >= 0.3 is 0 Å². The number of rotatable bonds is 5. The van der Waals surface area contributed by atoms with Crippen LogP contribution >= 0.6 is 0 Å². The van der Waals surface area contributed by atoms with Gasteiger partial charge in [-0.25, -0.2) is 0 Å². The average Bonchev–Trinajstić information content (AvgIpc) is 3.48. The van der Waals surface area contributed by atoms with Crippen molar-refractivity contribution in [1.29, 1.82) is 0 Å². The minimum absolute atomic E-state index is 0.266. The van der Waals surface area contributed by atoms with E-state index in [1.54, 1.807) is 0 Å². The Bertz CT molecular complexity index is 670. The maximum Gasteiger partial charge on any atom is 0.0593 e. The second kappa shape index (κ2) is 8.78.